The number of hydrogen-bond acceptors (Lipinski definition) is 4. The Labute approximate surface area is 149 Å². The van der Waals surface area contributed by atoms with Gasteiger partial charge in [-0.15, -0.1) is 0 Å². The van der Waals surface area contributed by atoms with Crippen LogP contribution in [0.15, 0.2) is 41.6 Å². The Morgan fingerprint density at radius 2 is 1.96 bits per heavy atom. The molecule has 136 valence electrons. The predicted octanol–water partition coefficient (Wildman–Crippen LogP) is 1.78. The lowest BCUT2D eigenvalue weighted by molar-refractivity contribution is -0.122. The fourth-order valence-corrected chi connectivity index (χ4v) is 2.86. The molecule has 1 aromatic carbocycles. The van der Waals surface area contributed by atoms with E-state index in [1.54, 1.807) is 19.2 Å². The van der Waals surface area contributed by atoms with Gasteiger partial charge in [0.1, 0.15) is 24.1 Å². The molecule has 0 aliphatic heterocycles. The molecule has 0 saturated heterocycles. The van der Waals surface area contributed by atoms with Crippen LogP contribution in [-0.2, 0) is 18.4 Å². The third kappa shape index (κ3) is 3.49. The highest BCUT2D eigenvalue weighted by Gasteiger charge is 2.19. The molecule has 1 unspecified atom stereocenters. The molecule has 2 aromatic heterocycles. The van der Waals surface area contributed by atoms with Gasteiger partial charge in [-0.05, 0) is 23.6 Å². The lowest BCUT2D eigenvalue weighted by Crippen LogP contribution is -2.36. The number of nitrogens with one attached hydrogen (secondary N) is 1. The number of hydrogen-bond donors (Lipinski definition) is 1. The summed E-state index contributed by atoms with van der Waals surface area (Å²) < 4.78 is 15.9. The molecule has 3 aromatic rings. The molecular formula is C18H20FN5O2. The first kappa shape index (κ1) is 17.8. The Morgan fingerprint density at radius 3 is 2.62 bits per heavy atom. The van der Waals surface area contributed by atoms with E-state index < -0.39 is 0 Å². The summed E-state index contributed by atoms with van der Waals surface area (Å²) >= 11 is 0. The third-order valence-corrected chi connectivity index (χ3v) is 4.24. The molecule has 0 saturated carbocycles. The van der Waals surface area contributed by atoms with Crippen molar-refractivity contribution in [2.24, 2.45) is 13.0 Å². The van der Waals surface area contributed by atoms with Crippen LogP contribution in [0.2, 0.25) is 0 Å². The van der Waals surface area contributed by atoms with Gasteiger partial charge in [-0.1, -0.05) is 26.0 Å². The van der Waals surface area contributed by atoms with Gasteiger partial charge < -0.3 is 5.32 Å². The van der Waals surface area contributed by atoms with Crippen molar-refractivity contribution < 1.29 is 9.18 Å². The van der Waals surface area contributed by atoms with Crippen molar-refractivity contribution >= 4 is 16.9 Å². The van der Waals surface area contributed by atoms with Crippen LogP contribution < -0.4 is 10.9 Å². The van der Waals surface area contributed by atoms with E-state index in [0.29, 0.717) is 11.0 Å². The van der Waals surface area contributed by atoms with E-state index >= 15 is 0 Å². The van der Waals surface area contributed by atoms with Crippen LogP contribution in [0, 0.1) is 11.7 Å². The van der Waals surface area contributed by atoms with Crippen LogP contribution in [-0.4, -0.2) is 25.2 Å². The first-order chi connectivity index (χ1) is 12.4. The molecule has 0 spiro atoms. The van der Waals surface area contributed by atoms with Crippen molar-refractivity contribution in [3.05, 3.63) is 58.5 Å². The Morgan fingerprint density at radius 1 is 1.27 bits per heavy atom. The topological polar surface area (TPSA) is 81.8 Å². The molecule has 1 amide bonds. The second kappa shape index (κ2) is 7.07. The predicted molar refractivity (Wildman–Crippen MR) is 94.9 cm³/mol. The zero-order valence-corrected chi connectivity index (χ0v) is 14.8. The lowest BCUT2D eigenvalue weighted by atomic mass is 9.96. The van der Waals surface area contributed by atoms with E-state index in [1.807, 2.05) is 13.8 Å². The number of nitrogens with zero attached hydrogens (tertiary/aromatic N) is 4. The zero-order valence-electron chi connectivity index (χ0n) is 14.8. The summed E-state index contributed by atoms with van der Waals surface area (Å²) in [6.07, 6.45) is 2.78. The number of carbonyl (C=O) groups excluding carboxylic acids is 1. The van der Waals surface area contributed by atoms with E-state index in [1.165, 1.54) is 33.9 Å². The molecule has 26 heavy (non-hydrogen) atoms. The van der Waals surface area contributed by atoms with Gasteiger partial charge in [-0.3, -0.25) is 18.8 Å². The van der Waals surface area contributed by atoms with Gasteiger partial charge in [0.05, 0.1) is 12.2 Å². The van der Waals surface area contributed by atoms with Gasteiger partial charge in [0.2, 0.25) is 5.91 Å². The lowest BCUT2D eigenvalue weighted by Gasteiger charge is -2.23. The number of aromatic nitrogens is 4. The summed E-state index contributed by atoms with van der Waals surface area (Å²) in [7, 11) is 1.70. The number of fused-ring (bicyclic) bond motifs is 1. The SMILES string of the molecule is CC(C)C(NC(=O)Cn1cnc2c(cnn2C)c1=O)c1ccc(F)cc1. The second-order valence-corrected chi connectivity index (χ2v) is 6.52. The van der Waals surface area contributed by atoms with Crippen molar-refractivity contribution in [2.45, 2.75) is 26.4 Å². The molecule has 0 bridgehead atoms. The largest absolute Gasteiger partial charge is 0.347 e. The standard InChI is InChI=1S/C18H20FN5O2/c1-11(2)16(12-4-6-13(19)7-5-12)22-15(25)9-24-10-20-17-14(18(24)26)8-21-23(17)3/h4-8,10-11,16H,9H2,1-3H3,(H,22,25). The summed E-state index contributed by atoms with van der Waals surface area (Å²) in [5.74, 6) is -0.551. The number of amides is 1. The highest BCUT2D eigenvalue weighted by atomic mass is 19.1. The molecule has 3 rings (SSSR count). The Balaban J connectivity index is 1.80. The molecule has 0 aliphatic rings. The van der Waals surface area contributed by atoms with Gasteiger partial charge in [0, 0.05) is 7.05 Å². The highest BCUT2D eigenvalue weighted by molar-refractivity contribution is 5.77. The molecule has 0 radical (unpaired) electrons. The first-order valence-electron chi connectivity index (χ1n) is 8.29. The van der Waals surface area contributed by atoms with Crippen LogP contribution >= 0.6 is 0 Å². The molecule has 2 heterocycles. The smallest absolute Gasteiger partial charge is 0.264 e. The van der Waals surface area contributed by atoms with E-state index in [4.69, 9.17) is 0 Å². The Hall–Kier alpha value is -3.03. The quantitative estimate of drug-likeness (QED) is 0.755. The van der Waals surface area contributed by atoms with Crippen molar-refractivity contribution in [1.82, 2.24) is 24.6 Å². The average Bonchev–Trinajstić information content (AvgIpc) is 2.98. The monoisotopic (exact) mass is 357 g/mol. The van der Waals surface area contributed by atoms with Crippen LogP contribution in [0.1, 0.15) is 25.5 Å². The van der Waals surface area contributed by atoms with Gasteiger partial charge in [-0.2, -0.15) is 5.10 Å². The Bertz CT molecular complexity index is 991. The molecule has 1 atom stereocenters. The van der Waals surface area contributed by atoms with Crippen molar-refractivity contribution in [3.63, 3.8) is 0 Å². The fourth-order valence-electron chi connectivity index (χ4n) is 2.86. The van der Waals surface area contributed by atoms with E-state index in [0.717, 1.165) is 5.56 Å². The third-order valence-electron chi connectivity index (χ3n) is 4.24. The Kier molecular flexibility index (Phi) is 4.83. The summed E-state index contributed by atoms with van der Waals surface area (Å²) in [5.41, 5.74) is 0.960. The number of carbonyl (C=O) groups is 1. The minimum atomic E-state index is -0.329. The molecule has 1 N–H and O–H groups in total. The second-order valence-electron chi connectivity index (χ2n) is 6.52. The normalized spacial score (nSPS) is 12.5. The van der Waals surface area contributed by atoms with Gasteiger partial charge in [0.15, 0.2) is 5.65 Å². The van der Waals surface area contributed by atoms with Crippen molar-refractivity contribution in [1.29, 1.82) is 0 Å². The maximum absolute atomic E-state index is 13.1. The minimum absolute atomic E-state index is 0.0973. The number of benzene rings is 1. The minimum Gasteiger partial charge on any atom is -0.347 e. The van der Waals surface area contributed by atoms with Gasteiger partial charge >= 0.3 is 0 Å². The molecule has 0 fully saturated rings. The van der Waals surface area contributed by atoms with Gasteiger partial charge in [-0.25, -0.2) is 9.37 Å². The number of aryl methyl sites for hydroxylation is 1. The van der Waals surface area contributed by atoms with E-state index in [-0.39, 0.29) is 35.8 Å². The summed E-state index contributed by atoms with van der Waals surface area (Å²) in [5, 5.41) is 7.28. The number of halogens is 1. The summed E-state index contributed by atoms with van der Waals surface area (Å²) in [6.45, 7) is 3.77. The van der Waals surface area contributed by atoms with Crippen LogP contribution in [0.3, 0.4) is 0 Å². The van der Waals surface area contributed by atoms with Crippen molar-refractivity contribution in [3.8, 4) is 0 Å². The molecule has 7 nitrogen and oxygen atoms in total. The zero-order chi connectivity index (χ0) is 18.8. The van der Waals surface area contributed by atoms with Crippen LogP contribution in [0.25, 0.3) is 11.0 Å². The van der Waals surface area contributed by atoms with E-state index in [9.17, 15) is 14.0 Å². The van der Waals surface area contributed by atoms with Crippen LogP contribution in [0.5, 0.6) is 0 Å². The average molecular weight is 357 g/mol. The maximum Gasteiger partial charge on any atom is 0.264 e. The van der Waals surface area contributed by atoms with Crippen LogP contribution in [0.4, 0.5) is 4.39 Å². The summed E-state index contributed by atoms with van der Waals surface area (Å²) in [4.78, 5) is 29.1. The molecule has 0 aliphatic carbocycles. The molecule has 8 heteroatoms. The summed E-state index contributed by atoms with van der Waals surface area (Å²) in [6, 6.07) is 5.74. The maximum atomic E-state index is 13.1. The molecular weight excluding hydrogens is 337 g/mol. The van der Waals surface area contributed by atoms with Gasteiger partial charge in [0.25, 0.3) is 5.56 Å². The van der Waals surface area contributed by atoms with E-state index in [2.05, 4.69) is 15.4 Å². The fraction of sp³-hybridized carbons (Fsp3) is 0.333. The van der Waals surface area contributed by atoms with Crippen molar-refractivity contribution in [2.75, 3.05) is 0 Å². The first-order valence-corrected chi connectivity index (χ1v) is 8.29. The highest BCUT2D eigenvalue weighted by Crippen LogP contribution is 2.21. The number of rotatable bonds is 5.